The number of halogens is 1. The molecular weight excluding hydrogens is 521 g/mol. The van der Waals surface area contributed by atoms with Gasteiger partial charge in [0.25, 0.3) is 5.91 Å². The van der Waals surface area contributed by atoms with E-state index in [4.69, 9.17) is 0 Å². The minimum absolute atomic E-state index is 0.185. The number of likely N-dealkylation sites (tertiary alicyclic amines) is 1. The molecule has 0 aliphatic carbocycles. The number of hydrogen-bond donors (Lipinski definition) is 3. The van der Waals surface area contributed by atoms with Crippen molar-refractivity contribution in [3.05, 3.63) is 77.3 Å². The van der Waals surface area contributed by atoms with Crippen LogP contribution < -0.4 is 10.6 Å². The van der Waals surface area contributed by atoms with E-state index in [2.05, 4.69) is 51.0 Å². The molecule has 5 rings (SSSR count). The molecule has 41 heavy (non-hydrogen) atoms. The average molecular weight is 560 g/mol. The summed E-state index contributed by atoms with van der Waals surface area (Å²) < 4.78 is 15.5. The highest BCUT2D eigenvalue weighted by Crippen LogP contribution is 2.37. The van der Waals surface area contributed by atoms with Crippen molar-refractivity contribution in [3.8, 4) is 11.3 Å². The van der Waals surface area contributed by atoms with Crippen molar-refractivity contribution in [1.82, 2.24) is 24.5 Å². The summed E-state index contributed by atoms with van der Waals surface area (Å²) in [5.74, 6) is -0.0502. The highest BCUT2D eigenvalue weighted by atomic mass is 19.1. The Labute approximate surface area is 240 Å². The van der Waals surface area contributed by atoms with E-state index in [1.807, 2.05) is 45.3 Å². The molecule has 3 N–H and O–H groups in total. The van der Waals surface area contributed by atoms with Crippen molar-refractivity contribution in [2.45, 2.75) is 51.3 Å². The van der Waals surface area contributed by atoms with Gasteiger partial charge in [-0.3, -0.25) is 9.20 Å². The second kappa shape index (κ2) is 10.8. The number of aromatic nitrogens is 2. The summed E-state index contributed by atoms with van der Waals surface area (Å²) in [4.78, 5) is 25.7. The second-order valence-corrected chi connectivity index (χ2v) is 11.6. The van der Waals surface area contributed by atoms with Crippen molar-refractivity contribution >= 4 is 24.0 Å². The average Bonchev–Trinajstić information content (AvgIpc) is 3.54. The van der Waals surface area contributed by atoms with E-state index in [9.17, 15) is 14.3 Å². The minimum atomic E-state index is -0.851. The van der Waals surface area contributed by atoms with Gasteiger partial charge in [-0.25, -0.2) is 14.4 Å². The first kappa shape index (κ1) is 28.5. The summed E-state index contributed by atoms with van der Waals surface area (Å²) in [7, 11) is 4.00. The summed E-state index contributed by atoms with van der Waals surface area (Å²) in [5, 5.41) is 17.7. The van der Waals surface area contributed by atoms with Crippen molar-refractivity contribution in [1.29, 1.82) is 0 Å². The number of amides is 1. The number of nitrogens with zero attached hydrogens (tertiary/aromatic N) is 5. The van der Waals surface area contributed by atoms with Gasteiger partial charge in [0.15, 0.2) is 0 Å². The number of carbonyl (C=O) groups excluding carboxylic acids is 1. The van der Waals surface area contributed by atoms with Gasteiger partial charge in [-0.05, 0) is 84.3 Å². The fourth-order valence-corrected chi connectivity index (χ4v) is 5.68. The van der Waals surface area contributed by atoms with Gasteiger partial charge in [0, 0.05) is 48.7 Å². The van der Waals surface area contributed by atoms with Crippen molar-refractivity contribution < 1.29 is 14.3 Å². The van der Waals surface area contributed by atoms with Gasteiger partial charge in [-0.15, -0.1) is 0 Å². The Morgan fingerprint density at radius 1 is 1.32 bits per heavy atom. The van der Waals surface area contributed by atoms with Crippen molar-refractivity contribution in [2.75, 3.05) is 32.5 Å². The normalized spacial score (nSPS) is 20.0. The van der Waals surface area contributed by atoms with E-state index >= 15 is 0 Å². The smallest absolute Gasteiger partial charge is 0.254 e. The van der Waals surface area contributed by atoms with Crippen LogP contribution in [0.3, 0.4) is 0 Å². The molecule has 2 aliphatic heterocycles. The van der Waals surface area contributed by atoms with Gasteiger partial charge >= 0.3 is 0 Å². The van der Waals surface area contributed by atoms with E-state index in [-0.39, 0.29) is 17.3 Å². The van der Waals surface area contributed by atoms with Crippen LogP contribution in [-0.2, 0) is 6.54 Å². The number of allylic oxidation sites excluding steroid dienone is 3. The molecule has 1 atom stereocenters. The number of fused-ring (bicyclic) bond motifs is 2. The zero-order valence-corrected chi connectivity index (χ0v) is 24.3. The van der Waals surface area contributed by atoms with Gasteiger partial charge < -0.3 is 25.5 Å². The van der Waals surface area contributed by atoms with Crippen LogP contribution >= 0.6 is 0 Å². The number of benzene rings is 1. The molecule has 3 aromatic rings. The summed E-state index contributed by atoms with van der Waals surface area (Å²) in [6.07, 6.45) is 8.75. The number of piperidine rings is 1. The molecule has 2 aliphatic rings. The summed E-state index contributed by atoms with van der Waals surface area (Å²) >= 11 is 0. The Balaban J connectivity index is 1.41. The van der Waals surface area contributed by atoms with Gasteiger partial charge in [0.1, 0.15) is 17.3 Å². The number of aliphatic imine (C=N–C) groups is 1. The van der Waals surface area contributed by atoms with Crippen LogP contribution in [0, 0.1) is 5.82 Å². The quantitative estimate of drug-likeness (QED) is 0.280. The van der Waals surface area contributed by atoms with Crippen LogP contribution in [0.2, 0.25) is 0 Å². The van der Waals surface area contributed by atoms with Crippen molar-refractivity contribution in [2.24, 2.45) is 4.99 Å². The molecule has 0 bridgehead atoms. The Morgan fingerprint density at radius 2 is 2.10 bits per heavy atom. The topological polar surface area (TPSA) is 97.5 Å². The number of hydrogen-bond acceptors (Lipinski definition) is 7. The first-order valence-electron chi connectivity index (χ1n) is 13.8. The number of likely N-dealkylation sites (N-methyl/N-ethyl adjacent to an activating group) is 1. The van der Waals surface area contributed by atoms with Gasteiger partial charge in [0.05, 0.1) is 28.7 Å². The van der Waals surface area contributed by atoms with E-state index in [1.54, 1.807) is 16.8 Å². The predicted octanol–water partition coefficient (Wildman–Crippen LogP) is 4.41. The molecular formula is C31H38FN7O2. The second-order valence-electron chi connectivity index (χ2n) is 11.6. The standard InChI is InChI=1S/C31H38FN7O2/c1-20(38-14-7-13-31(41,19-38)30(2,3)37(5)6)8-11-26(33-4)36-24-10-9-22(23-17-35-29(40)28(23)24)25-18-34-27-16-21(32)12-15-39(25)27/h8-12,15-16,18,36,41H,4,7,13-14,17,19H2,1-3,5-6H3,(H,35,40)/b20-8+,26-11+/t31-/m0/s1. The van der Waals surface area contributed by atoms with Crippen LogP contribution in [-0.4, -0.2) is 75.2 Å². The lowest BCUT2D eigenvalue weighted by Crippen LogP contribution is -2.64. The van der Waals surface area contributed by atoms with Crippen LogP contribution in [0.5, 0.6) is 0 Å². The summed E-state index contributed by atoms with van der Waals surface area (Å²) in [5.41, 5.74) is 3.85. The van der Waals surface area contributed by atoms with Gasteiger partial charge in [-0.1, -0.05) is 6.07 Å². The van der Waals surface area contributed by atoms with Crippen LogP contribution in [0.15, 0.2) is 65.3 Å². The molecule has 9 nitrogen and oxygen atoms in total. The third-order valence-electron chi connectivity index (χ3n) is 8.86. The first-order valence-corrected chi connectivity index (χ1v) is 13.8. The van der Waals surface area contributed by atoms with E-state index in [0.717, 1.165) is 41.9 Å². The molecule has 1 aromatic carbocycles. The lowest BCUT2D eigenvalue weighted by molar-refractivity contribution is -0.115. The predicted molar refractivity (Wildman–Crippen MR) is 160 cm³/mol. The maximum Gasteiger partial charge on any atom is 0.254 e. The molecule has 0 saturated carbocycles. The molecule has 10 heteroatoms. The zero-order chi connectivity index (χ0) is 29.5. The molecule has 2 aromatic heterocycles. The maximum absolute atomic E-state index is 13.7. The number of β-amino-alcohol motifs (C(OH)–C–C–N with tert-alkyl or cyclic N) is 1. The number of anilines is 1. The fraction of sp³-hybridized carbons (Fsp3) is 0.387. The monoisotopic (exact) mass is 559 g/mol. The highest BCUT2D eigenvalue weighted by Gasteiger charge is 2.47. The molecule has 1 fully saturated rings. The Morgan fingerprint density at radius 3 is 2.83 bits per heavy atom. The Kier molecular flexibility index (Phi) is 7.48. The van der Waals surface area contributed by atoms with Crippen LogP contribution in [0.25, 0.3) is 16.9 Å². The minimum Gasteiger partial charge on any atom is -0.386 e. The van der Waals surface area contributed by atoms with E-state index in [1.165, 1.54) is 12.1 Å². The number of carbonyl (C=O) groups is 1. The molecule has 1 saturated heterocycles. The number of rotatable bonds is 8. The summed E-state index contributed by atoms with van der Waals surface area (Å²) in [6, 6.07) is 6.52. The number of imidazole rings is 1. The molecule has 4 heterocycles. The fourth-order valence-electron chi connectivity index (χ4n) is 5.68. The summed E-state index contributed by atoms with van der Waals surface area (Å²) in [6.45, 7) is 11.7. The number of aliphatic hydroxyl groups is 1. The third kappa shape index (κ3) is 5.13. The lowest BCUT2D eigenvalue weighted by Gasteiger charge is -2.52. The van der Waals surface area contributed by atoms with Gasteiger partial charge in [0.2, 0.25) is 0 Å². The molecule has 0 unspecified atom stereocenters. The molecule has 216 valence electrons. The van der Waals surface area contributed by atoms with Crippen LogP contribution in [0.1, 0.15) is 49.5 Å². The number of nitrogens with one attached hydrogen (secondary N) is 2. The number of pyridine rings is 1. The lowest BCUT2D eigenvalue weighted by atomic mass is 9.76. The Bertz CT molecular complexity index is 1570. The largest absolute Gasteiger partial charge is 0.386 e. The van der Waals surface area contributed by atoms with Crippen molar-refractivity contribution in [3.63, 3.8) is 0 Å². The first-order chi connectivity index (χ1) is 19.4. The molecule has 1 amide bonds. The Hall–Kier alpha value is -4.02. The van der Waals surface area contributed by atoms with E-state index < -0.39 is 5.60 Å². The zero-order valence-electron chi connectivity index (χ0n) is 24.3. The van der Waals surface area contributed by atoms with Gasteiger partial charge in [-0.2, -0.15) is 0 Å². The van der Waals surface area contributed by atoms with Crippen LogP contribution in [0.4, 0.5) is 10.1 Å². The highest BCUT2D eigenvalue weighted by molar-refractivity contribution is 6.05. The SMILES string of the molecule is C=N/C(=C\C=C(/C)N1CCC[C@@](O)(C(C)(C)N(C)C)C1)Nc1ccc(-c2cnc3cc(F)ccn23)c2c1C(=O)NC2. The third-order valence-corrected chi connectivity index (χ3v) is 8.86. The maximum atomic E-state index is 13.7. The molecule has 0 radical (unpaired) electrons. The van der Waals surface area contributed by atoms with E-state index in [0.29, 0.717) is 35.8 Å². The molecule has 0 spiro atoms.